The van der Waals surface area contributed by atoms with E-state index in [-0.39, 0.29) is 4.90 Å². The normalized spacial score (nSPS) is 12.0. The van der Waals surface area contributed by atoms with Gasteiger partial charge in [0.15, 0.2) is 0 Å². The molecule has 0 radical (unpaired) electrons. The average molecular weight is 323 g/mol. The number of nitrogens with two attached hydrogens (primary N) is 1. The largest absolute Gasteiger partial charge is 0.364 e. The maximum atomic E-state index is 12.3. The lowest BCUT2D eigenvalue weighted by atomic mass is 10.3. The summed E-state index contributed by atoms with van der Waals surface area (Å²) in [5, 5.41) is 12.2. The van der Waals surface area contributed by atoms with Gasteiger partial charge in [0.2, 0.25) is 15.7 Å². The van der Waals surface area contributed by atoms with E-state index in [4.69, 9.17) is 11.0 Å². The summed E-state index contributed by atoms with van der Waals surface area (Å²) in [6, 6.07) is 7.35. The first-order valence-electron chi connectivity index (χ1n) is 6.50. The lowest BCUT2D eigenvalue weighted by Crippen LogP contribution is -2.30. The second-order valence-electron chi connectivity index (χ2n) is 4.16. The molecule has 0 unspecified atom stereocenters. The van der Waals surface area contributed by atoms with Gasteiger partial charge in [-0.1, -0.05) is 13.8 Å². The first-order chi connectivity index (χ1) is 10.4. The number of carbonyl (C=O) groups excluding carboxylic acids is 1. The van der Waals surface area contributed by atoms with Gasteiger partial charge in [-0.25, -0.2) is 8.42 Å². The zero-order chi connectivity index (χ0) is 16.8. The molecular formula is C13H17N5O3S. The van der Waals surface area contributed by atoms with Gasteiger partial charge in [-0.05, 0) is 24.3 Å². The minimum Gasteiger partial charge on any atom is -0.364 e. The molecule has 9 heteroatoms. The number of nitrogens with one attached hydrogen (secondary N) is 1. The summed E-state index contributed by atoms with van der Waals surface area (Å²) in [6.07, 6.45) is 0. The molecule has 0 aliphatic heterocycles. The highest BCUT2D eigenvalue weighted by atomic mass is 32.2. The monoisotopic (exact) mass is 323 g/mol. The first kappa shape index (κ1) is 17.6. The minimum absolute atomic E-state index is 0.154. The highest BCUT2D eigenvalue weighted by molar-refractivity contribution is 7.89. The maximum absolute atomic E-state index is 12.3. The van der Waals surface area contributed by atoms with Crippen LogP contribution in [0.5, 0.6) is 0 Å². The molecule has 8 nitrogen and oxygen atoms in total. The van der Waals surface area contributed by atoms with Crippen LogP contribution >= 0.6 is 0 Å². The number of hydrogen-bond acceptors (Lipinski definition) is 6. The van der Waals surface area contributed by atoms with Crippen molar-refractivity contribution in [1.82, 2.24) is 4.31 Å². The zero-order valence-electron chi connectivity index (χ0n) is 12.3. The molecule has 1 aromatic carbocycles. The number of hydrazone groups is 1. The van der Waals surface area contributed by atoms with E-state index in [0.717, 1.165) is 0 Å². The van der Waals surface area contributed by atoms with Crippen LogP contribution in [0.15, 0.2) is 34.3 Å². The number of nitriles is 1. The van der Waals surface area contributed by atoms with Gasteiger partial charge in [-0.2, -0.15) is 14.7 Å². The molecule has 3 N–H and O–H groups in total. The first-order valence-corrected chi connectivity index (χ1v) is 7.94. The number of sulfonamides is 1. The van der Waals surface area contributed by atoms with Gasteiger partial charge in [0.1, 0.15) is 6.07 Å². The number of hydrogen-bond donors (Lipinski definition) is 2. The molecule has 0 fully saturated rings. The van der Waals surface area contributed by atoms with Crippen LogP contribution in [-0.2, 0) is 14.8 Å². The van der Waals surface area contributed by atoms with Crippen molar-refractivity contribution in [1.29, 1.82) is 5.26 Å². The predicted octanol–water partition coefficient (Wildman–Crippen LogP) is 0.494. The SMILES string of the molecule is CCN(CC)S(=O)(=O)c1ccc(N/N=C(/C#N)C(N)=O)cc1. The molecular weight excluding hydrogens is 306 g/mol. The molecule has 0 heterocycles. The van der Waals surface area contributed by atoms with E-state index in [0.29, 0.717) is 18.8 Å². The number of amides is 1. The number of anilines is 1. The Morgan fingerprint density at radius 1 is 1.32 bits per heavy atom. The summed E-state index contributed by atoms with van der Waals surface area (Å²) < 4.78 is 25.9. The van der Waals surface area contributed by atoms with Crippen molar-refractivity contribution in [3.63, 3.8) is 0 Å². The molecule has 0 saturated carbocycles. The number of nitrogens with zero attached hydrogens (tertiary/aromatic N) is 3. The second kappa shape index (κ2) is 7.53. The van der Waals surface area contributed by atoms with Crippen LogP contribution < -0.4 is 11.2 Å². The van der Waals surface area contributed by atoms with Gasteiger partial charge >= 0.3 is 0 Å². The Morgan fingerprint density at radius 3 is 2.27 bits per heavy atom. The van der Waals surface area contributed by atoms with Crippen molar-refractivity contribution < 1.29 is 13.2 Å². The molecule has 22 heavy (non-hydrogen) atoms. The molecule has 0 spiro atoms. The Kier molecular flexibility index (Phi) is 6.03. The van der Waals surface area contributed by atoms with Crippen molar-refractivity contribution in [3.05, 3.63) is 24.3 Å². The van der Waals surface area contributed by atoms with Gasteiger partial charge in [-0.3, -0.25) is 10.2 Å². The van der Waals surface area contributed by atoms with E-state index < -0.39 is 21.6 Å². The van der Waals surface area contributed by atoms with E-state index in [1.54, 1.807) is 19.9 Å². The lowest BCUT2D eigenvalue weighted by molar-refractivity contribution is -0.111. The third-order valence-electron chi connectivity index (χ3n) is 2.83. The second-order valence-corrected chi connectivity index (χ2v) is 6.10. The fourth-order valence-electron chi connectivity index (χ4n) is 1.67. The van der Waals surface area contributed by atoms with E-state index in [1.807, 2.05) is 0 Å². The number of primary amides is 1. The van der Waals surface area contributed by atoms with Crippen molar-refractivity contribution in [2.45, 2.75) is 18.7 Å². The van der Waals surface area contributed by atoms with E-state index in [1.165, 1.54) is 28.6 Å². The summed E-state index contributed by atoms with van der Waals surface area (Å²) >= 11 is 0. The van der Waals surface area contributed by atoms with Crippen LogP contribution in [0.3, 0.4) is 0 Å². The molecule has 1 amide bonds. The van der Waals surface area contributed by atoms with E-state index in [2.05, 4.69) is 10.5 Å². The van der Waals surface area contributed by atoms with Crippen LogP contribution in [-0.4, -0.2) is 37.4 Å². The molecule has 1 rings (SSSR count). The molecule has 0 aliphatic rings. The minimum atomic E-state index is -3.52. The summed E-state index contributed by atoms with van der Waals surface area (Å²) in [5.74, 6) is -0.948. The Labute approximate surface area is 129 Å². The van der Waals surface area contributed by atoms with Crippen LogP contribution in [0.25, 0.3) is 0 Å². The average Bonchev–Trinajstić information content (AvgIpc) is 2.49. The number of carbonyl (C=O) groups is 1. The number of rotatable bonds is 7. The lowest BCUT2D eigenvalue weighted by Gasteiger charge is -2.18. The zero-order valence-corrected chi connectivity index (χ0v) is 13.1. The van der Waals surface area contributed by atoms with Crippen molar-refractivity contribution >= 4 is 27.3 Å². The molecule has 0 bridgehead atoms. The van der Waals surface area contributed by atoms with Crippen LogP contribution in [0, 0.1) is 11.3 Å². The molecule has 0 aromatic heterocycles. The third-order valence-corrected chi connectivity index (χ3v) is 4.90. The molecule has 0 atom stereocenters. The van der Waals surface area contributed by atoms with Crippen LogP contribution in [0.1, 0.15) is 13.8 Å². The molecule has 118 valence electrons. The van der Waals surface area contributed by atoms with Crippen molar-refractivity contribution in [2.75, 3.05) is 18.5 Å². The Hall–Kier alpha value is -2.44. The fraction of sp³-hybridized carbons (Fsp3) is 0.308. The topological polar surface area (TPSA) is 129 Å². The van der Waals surface area contributed by atoms with E-state index >= 15 is 0 Å². The third kappa shape index (κ3) is 4.03. The highest BCUT2D eigenvalue weighted by Crippen LogP contribution is 2.18. The summed E-state index contributed by atoms with van der Waals surface area (Å²) in [7, 11) is -3.52. The van der Waals surface area contributed by atoms with Gasteiger partial charge in [-0.15, -0.1) is 0 Å². The maximum Gasteiger partial charge on any atom is 0.280 e. The van der Waals surface area contributed by atoms with Crippen molar-refractivity contribution in [2.24, 2.45) is 10.8 Å². The van der Waals surface area contributed by atoms with Gasteiger partial charge in [0.25, 0.3) is 5.91 Å². The molecule has 0 aliphatic carbocycles. The van der Waals surface area contributed by atoms with Gasteiger partial charge in [0, 0.05) is 13.1 Å². The summed E-state index contributed by atoms with van der Waals surface area (Å²) in [5.41, 5.74) is 7.36. The Balaban J connectivity index is 2.97. The fourth-order valence-corrected chi connectivity index (χ4v) is 3.13. The Morgan fingerprint density at radius 2 is 1.86 bits per heavy atom. The molecule has 0 saturated heterocycles. The van der Waals surface area contributed by atoms with Gasteiger partial charge < -0.3 is 5.73 Å². The van der Waals surface area contributed by atoms with E-state index in [9.17, 15) is 13.2 Å². The number of benzene rings is 1. The standard InChI is InChI=1S/C13H17N5O3S/c1-3-18(4-2)22(20,21)11-7-5-10(6-8-11)16-17-12(9-14)13(15)19/h5-8,16H,3-4H2,1-2H3,(H2,15,19)/b17-12-. The van der Waals surface area contributed by atoms with Crippen LogP contribution in [0.4, 0.5) is 5.69 Å². The van der Waals surface area contributed by atoms with Gasteiger partial charge in [0.05, 0.1) is 10.6 Å². The molecule has 1 aromatic rings. The summed E-state index contributed by atoms with van der Waals surface area (Å²) in [6.45, 7) is 4.29. The summed E-state index contributed by atoms with van der Waals surface area (Å²) in [4.78, 5) is 11.0. The van der Waals surface area contributed by atoms with Crippen LogP contribution in [0.2, 0.25) is 0 Å². The highest BCUT2D eigenvalue weighted by Gasteiger charge is 2.21. The Bertz CT molecular complexity index is 700. The quantitative estimate of drug-likeness (QED) is 0.557. The predicted molar refractivity (Wildman–Crippen MR) is 82.4 cm³/mol. The smallest absolute Gasteiger partial charge is 0.280 e. The van der Waals surface area contributed by atoms with Crippen molar-refractivity contribution in [3.8, 4) is 6.07 Å².